The maximum absolute atomic E-state index is 12.3. The van der Waals surface area contributed by atoms with Crippen LogP contribution in [0.5, 0.6) is 0 Å². The van der Waals surface area contributed by atoms with Crippen LogP contribution in [0.15, 0.2) is 24.3 Å². The number of nitrogens with zero attached hydrogens (tertiary/aromatic N) is 5. The first-order valence-electron chi connectivity index (χ1n) is 7.67. The van der Waals surface area contributed by atoms with Crippen LogP contribution < -0.4 is 5.73 Å². The molecule has 1 aliphatic rings. The van der Waals surface area contributed by atoms with Gasteiger partial charge in [-0.3, -0.25) is 4.79 Å². The molecule has 1 fully saturated rings. The molecule has 3 rings (SSSR count). The summed E-state index contributed by atoms with van der Waals surface area (Å²) >= 11 is 5.86. The van der Waals surface area contributed by atoms with Crippen molar-refractivity contribution in [1.29, 1.82) is 0 Å². The Morgan fingerprint density at radius 2 is 1.96 bits per heavy atom. The summed E-state index contributed by atoms with van der Waals surface area (Å²) in [5.41, 5.74) is 6.49. The van der Waals surface area contributed by atoms with Crippen LogP contribution in [0, 0.1) is 5.92 Å². The van der Waals surface area contributed by atoms with Crippen molar-refractivity contribution in [3.05, 3.63) is 29.3 Å². The van der Waals surface area contributed by atoms with Crippen molar-refractivity contribution in [2.75, 3.05) is 19.6 Å². The van der Waals surface area contributed by atoms with Gasteiger partial charge in [0.15, 0.2) is 0 Å². The molecule has 2 heterocycles. The van der Waals surface area contributed by atoms with Crippen LogP contribution in [0.2, 0.25) is 5.02 Å². The van der Waals surface area contributed by atoms with Crippen LogP contribution in [0.1, 0.15) is 12.8 Å². The quantitative estimate of drug-likeness (QED) is 0.907. The first kappa shape index (κ1) is 15.9. The minimum Gasteiger partial charge on any atom is -0.341 e. The molecule has 1 aromatic heterocycles. The van der Waals surface area contributed by atoms with Crippen molar-refractivity contribution < 1.29 is 4.79 Å². The van der Waals surface area contributed by atoms with Crippen LogP contribution in [-0.4, -0.2) is 50.6 Å². The van der Waals surface area contributed by atoms with Crippen LogP contribution >= 0.6 is 11.6 Å². The standard InChI is InChI=1S/C15H19ClN6O/c16-13-3-1-12(2-4-13)15-18-20-22(19-15)10-14(23)21-7-5-11(9-17)6-8-21/h1-4,11H,5-10,17H2. The molecule has 122 valence electrons. The normalized spacial score (nSPS) is 15.8. The maximum Gasteiger partial charge on any atom is 0.246 e. The number of piperidine rings is 1. The Morgan fingerprint density at radius 3 is 2.61 bits per heavy atom. The molecule has 2 aromatic rings. The highest BCUT2D eigenvalue weighted by atomic mass is 35.5. The zero-order chi connectivity index (χ0) is 16.2. The van der Waals surface area contributed by atoms with E-state index in [1.807, 2.05) is 17.0 Å². The second-order valence-electron chi connectivity index (χ2n) is 5.71. The Morgan fingerprint density at radius 1 is 1.26 bits per heavy atom. The van der Waals surface area contributed by atoms with E-state index in [0.717, 1.165) is 31.5 Å². The lowest BCUT2D eigenvalue weighted by molar-refractivity contribution is -0.133. The third-order valence-electron chi connectivity index (χ3n) is 4.13. The van der Waals surface area contributed by atoms with Gasteiger partial charge in [-0.1, -0.05) is 11.6 Å². The van der Waals surface area contributed by atoms with E-state index in [1.165, 1.54) is 4.80 Å². The van der Waals surface area contributed by atoms with Crippen LogP contribution in [0.3, 0.4) is 0 Å². The predicted molar refractivity (Wildman–Crippen MR) is 86.6 cm³/mol. The van der Waals surface area contributed by atoms with E-state index < -0.39 is 0 Å². The molecule has 7 nitrogen and oxygen atoms in total. The van der Waals surface area contributed by atoms with Gasteiger partial charge in [-0.15, -0.1) is 10.2 Å². The summed E-state index contributed by atoms with van der Waals surface area (Å²) in [6.07, 6.45) is 1.92. The molecule has 23 heavy (non-hydrogen) atoms. The Labute approximate surface area is 139 Å². The lowest BCUT2D eigenvalue weighted by atomic mass is 9.97. The number of likely N-dealkylation sites (tertiary alicyclic amines) is 1. The molecule has 1 aliphatic heterocycles. The summed E-state index contributed by atoms with van der Waals surface area (Å²) < 4.78 is 0. The van der Waals surface area contributed by atoms with Gasteiger partial charge in [0, 0.05) is 23.7 Å². The summed E-state index contributed by atoms with van der Waals surface area (Å²) in [6.45, 7) is 2.30. The predicted octanol–water partition coefficient (Wildman–Crippen LogP) is 1.19. The number of carbonyl (C=O) groups excluding carboxylic acids is 1. The molecule has 0 atom stereocenters. The van der Waals surface area contributed by atoms with Gasteiger partial charge in [-0.05, 0) is 54.8 Å². The number of amides is 1. The zero-order valence-corrected chi connectivity index (χ0v) is 13.5. The van der Waals surface area contributed by atoms with Gasteiger partial charge >= 0.3 is 0 Å². The largest absolute Gasteiger partial charge is 0.341 e. The molecule has 0 saturated carbocycles. The lowest BCUT2D eigenvalue weighted by Gasteiger charge is -2.31. The Balaban J connectivity index is 1.60. The van der Waals surface area contributed by atoms with E-state index in [-0.39, 0.29) is 12.5 Å². The smallest absolute Gasteiger partial charge is 0.246 e. The van der Waals surface area contributed by atoms with Crippen molar-refractivity contribution in [2.24, 2.45) is 11.7 Å². The second-order valence-corrected chi connectivity index (χ2v) is 6.15. The van der Waals surface area contributed by atoms with E-state index in [2.05, 4.69) is 15.4 Å². The molecule has 0 unspecified atom stereocenters. The van der Waals surface area contributed by atoms with Crippen molar-refractivity contribution in [3.63, 3.8) is 0 Å². The number of rotatable bonds is 4. The first-order chi connectivity index (χ1) is 11.2. The number of aromatic nitrogens is 4. The Hall–Kier alpha value is -1.99. The van der Waals surface area contributed by atoms with E-state index in [0.29, 0.717) is 23.3 Å². The number of benzene rings is 1. The highest BCUT2D eigenvalue weighted by Crippen LogP contribution is 2.18. The summed E-state index contributed by atoms with van der Waals surface area (Å²) in [5.74, 6) is 1.02. The third kappa shape index (κ3) is 3.86. The van der Waals surface area contributed by atoms with Gasteiger partial charge in [-0.2, -0.15) is 4.80 Å². The minimum absolute atomic E-state index is 0.0144. The number of nitrogens with two attached hydrogens (primary N) is 1. The number of tetrazole rings is 1. The minimum atomic E-state index is 0.0144. The Kier molecular flexibility index (Phi) is 4.88. The number of carbonyl (C=O) groups is 1. The fourth-order valence-electron chi connectivity index (χ4n) is 2.66. The summed E-state index contributed by atoms with van der Waals surface area (Å²) in [7, 11) is 0. The highest BCUT2D eigenvalue weighted by Gasteiger charge is 2.22. The molecule has 1 amide bonds. The number of halogens is 1. The van der Waals surface area contributed by atoms with E-state index in [4.69, 9.17) is 17.3 Å². The van der Waals surface area contributed by atoms with Gasteiger partial charge in [-0.25, -0.2) is 0 Å². The average Bonchev–Trinajstić information content (AvgIpc) is 3.04. The maximum atomic E-state index is 12.3. The monoisotopic (exact) mass is 334 g/mol. The Bertz CT molecular complexity index is 663. The third-order valence-corrected chi connectivity index (χ3v) is 4.38. The highest BCUT2D eigenvalue weighted by molar-refractivity contribution is 6.30. The SMILES string of the molecule is NCC1CCN(C(=O)Cn2nnc(-c3ccc(Cl)cc3)n2)CC1. The summed E-state index contributed by atoms with van der Waals surface area (Å²) in [4.78, 5) is 15.5. The molecule has 8 heteroatoms. The molecular formula is C15H19ClN6O. The topological polar surface area (TPSA) is 89.9 Å². The fourth-order valence-corrected chi connectivity index (χ4v) is 2.79. The molecule has 1 aromatic carbocycles. The molecule has 0 spiro atoms. The summed E-state index contributed by atoms with van der Waals surface area (Å²) in [5, 5.41) is 12.9. The van der Waals surface area contributed by atoms with Crippen molar-refractivity contribution in [2.45, 2.75) is 19.4 Å². The van der Waals surface area contributed by atoms with Crippen LogP contribution in [0.4, 0.5) is 0 Å². The van der Waals surface area contributed by atoms with E-state index in [9.17, 15) is 4.79 Å². The molecular weight excluding hydrogens is 316 g/mol. The van der Waals surface area contributed by atoms with E-state index in [1.54, 1.807) is 12.1 Å². The second kappa shape index (κ2) is 7.06. The lowest BCUT2D eigenvalue weighted by Crippen LogP contribution is -2.41. The van der Waals surface area contributed by atoms with Gasteiger partial charge in [0.25, 0.3) is 0 Å². The number of hydrogen-bond acceptors (Lipinski definition) is 5. The van der Waals surface area contributed by atoms with Gasteiger partial charge < -0.3 is 10.6 Å². The van der Waals surface area contributed by atoms with Gasteiger partial charge in [0.1, 0.15) is 6.54 Å². The van der Waals surface area contributed by atoms with Crippen molar-refractivity contribution >= 4 is 17.5 Å². The molecule has 1 saturated heterocycles. The van der Waals surface area contributed by atoms with Crippen molar-refractivity contribution in [3.8, 4) is 11.4 Å². The van der Waals surface area contributed by atoms with E-state index >= 15 is 0 Å². The van der Waals surface area contributed by atoms with Gasteiger partial charge in [0.05, 0.1) is 0 Å². The average molecular weight is 335 g/mol. The van der Waals surface area contributed by atoms with Gasteiger partial charge in [0.2, 0.25) is 11.7 Å². The zero-order valence-electron chi connectivity index (χ0n) is 12.7. The number of hydrogen-bond donors (Lipinski definition) is 1. The van der Waals surface area contributed by atoms with Crippen LogP contribution in [-0.2, 0) is 11.3 Å². The molecule has 0 radical (unpaired) electrons. The molecule has 2 N–H and O–H groups in total. The first-order valence-corrected chi connectivity index (χ1v) is 8.05. The molecule has 0 aliphatic carbocycles. The van der Waals surface area contributed by atoms with Crippen molar-refractivity contribution in [1.82, 2.24) is 25.1 Å². The summed E-state index contributed by atoms with van der Waals surface area (Å²) in [6, 6.07) is 7.18. The fraction of sp³-hybridized carbons (Fsp3) is 0.467. The van der Waals surface area contributed by atoms with Crippen LogP contribution in [0.25, 0.3) is 11.4 Å². The molecule has 0 bridgehead atoms.